The van der Waals surface area contributed by atoms with Gasteiger partial charge in [0.15, 0.2) is 10.8 Å². The predicted molar refractivity (Wildman–Crippen MR) is 86.3 cm³/mol. The van der Waals surface area contributed by atoms with E-state index in [-0.39, 0.29) is 12.1 Å². The lowest BCUT2D eigenvalue weighted by Crippen LogP contribution is -2.49. The molecule has 1 aromatic rings. The molecule has 1 saturated heterocycles. The van der Waals surface area contributed by atoms with Crippen LogP contribution >= 0.6 is 11.3 Å². The second-order valence-corrected chi connectivity index (χ2v) is 7.76. The first-order chi connectivity index (χ1) is 11.0. The van der Waals surface area contributed by atoms with Crippen LogP contribution in [0.25, 0.3) is 0 Å². The number of anilines is 1. The lowest BCUT2D eigenvalue weighted by atomic mass is 9.99. The molecule has 0 radical (unpaired) electrons. The molecular formula is C15H22F3N3O2S. The minimum Gasteiger partial charge on any atom is -0.444 e. The number of carbonyl (C=O) groups is 1. The minimum absolute atomic E-state index is 0.0223. The zero-order valence-corrected chi connectivity index (χ0v) is 14.9. The van der Waals surface area contributed by atoms with Crippen LogP contribution < -0.4 is 10.2 Å². The van der Waals surface area contributed by atoms with E-state index in [1.165, 1.54) is 0 Å². The summed E-state index contributed by atoms with van der Waals surface area (Å²) in [6.07, 6.45) is -3.64. The monoisotopic (exact) mass is 365 g/mol. The molecule has 1 fully saturated rings. The number of nitrogens with zero attached hydrogens (tertiary/aromatic N) is 2. The van der Waals surface area contributed by atoms with Gasteiger partial charge in [-0.05, 0) is 40.5 Å². The van der Waals surface area contributed by atoms with Gasteiger partial charge in [0, 0.05) is 24.0 Å². The Labute approximate surface area is 143 Å². The predicted octanol–water partition coefficient (Wildman–Crippen LogP) is 4.04. The van der Waals surface area contributed by atoms with E-state index in [1.807, 2.05) is 11.8 Å². The number of alkyl carbamates (subject to hydrolysis) is 1. The van der Waals surface area contributed by atoms with Crippen molar-refractivity contribution in [1.29, 1.82) is 0 Å². The topological polar surface area (TPSA) is 54.5 Å². The molecule has 24 heavy (non-hydrogen) atoms. The number of carbonyl (C=O) groups excluding carboxylic acids is 1. The number of aromatic nitrogens is 1. The maximum absolute atomic E-state index is 12.7. The summed E-state index contributed by atoms with van der Waals surface area (Å²) in [5.41, 5.74) is -1.42. The molecule has 2 heterocycles. The van der Waals surface area contributed by atoms with Crippen LogP contribution in [0.3, 0.4) is 0 Å². The molecule has 0 bridgehead atoms. The molecule has 1 N–H and O–H groups in total. The molecule has 2 unspecified atom stereocenters. The highest BCUT2D eigenvalue weighted by molar-refractivity contribution is 7.13. The second-order valence-electron chi connectivity index (χ2n) is 6.92. The van der Waals surface area contributed by atoms with Crippen molar-refractivity contribution in [2.45, 2.75) is 64.4 Å². The number of piperidine rings is 1. The summed E-state index contributed by atoms with van der Waals surface area (Å²) in [6, 6.07) is -0.0842. The van der Waals surface area contributed by atoms with E-state index in [9.17, 15) is 18.0 Å². The molecule has 2 atom stereocenters. The van der Waals surface area contributed by atoms with Gasteiger partial charge in [0.2, 0.25) is 0 Å². The Morgan fingerprint density at radius 3 is 2.58 bits per heavy atom. The van der Waals surface area contributed by atoms with Crippen LogP contribution in [0.5, 0.6) is 0 Å². The Balaban J connectivity index is 1.93. The fraction of sp³-hybridized carbons (Fsp3) is 0.733. The van der Waals surface area contributed by atoms with Crippen LogP contribution in [0, 0.1) is 0 Å². The van der Waals surface area contributed by atoms with E-state index in [4.69, 9.17) is 4.74 Å². The summed E-state index contributed by atoms with van der Waals surface area (Å²) in [5, 5.41) is 4.22. The highest BCUT2D eigenvalue weighted by atomic mass is 32.1. The Morgan fingerprint density at radius 2 is 2.08 bits per heavy atom. The smallest absolute Gasteiger partial charge is 0.434 e. The van der Waals surface area contributed by atoms with E-state index < -0.39 is 23.6 Å². The Kier molecular flexibility index (Phi) is 5.31. The number of hydrogen-bond acceptors (Lipinski definition) is 5. The first-order valence-corrected chi connectivity index (χ1v) is 8.62. The second kappa shape index (κ2) is 6.78. The number of ether oxygens (including phenoxy) is 1. The van der Waals surface area contributed by atoms with Gasteiger partial charge in [-0.1, -0.05) is 0 Å². The van der Waals surface area contributed by atoms with Crippen LogP contribution in [-0.2, 0) is 10.9 Å². The van der Waals surface area contributed by atoms with Gasteiger partial charge in [0.1, 0.15) is 5.60 Å². The van der Waals surface area contributed by atoms with E-state index in [0.717, 1.165) is 16.7 Å². The van der Waals surface area contributed by atoms with Gasteiger partial charge in [-0.2, -0.15) is 13.2 Å². The van der Waals surface area contributed by atoms with E-state index in [0.29, 0.717) is 24.5 Å². The van der Waals surface area contributed by atoms with Crippen LogP contribution in [0.15, 0.2) is 5.38 Å². The maximum atomic E-state index is 12.7. The van der Waals surface area contributed by atoms with Crippen molar-refractivity contribution < 1.29 is 22.7 Å². The van der Waals surface area contributed by atoms with Crippen molar-refractivity contribution in [1.82, 2.24) is 10.3 Å². The Hall–Kier alpha value is -1.51. The van der Waals surface area contributed by atoms with Crippen molar-refractivity contribution in [3.8, 4) is 0 Å². The van der Waals surface area contributed by atoms with Gasteiger partial charge in [0.05, 0.1) is 0 Å². The van der Waals surface area contributed by atoms with Gasteiger partial charge >= 0.3 is 12.3 Å². The summed E-state index contributed by atoms with van der Waals surface area (Å²) in [5.74, 6) is 0. The van der Waals surface area contributed by atoms with Crippen LogP contribution in [0.4, 0.5) is 23.1 Å². The molecule has 9 heteroatoms. The summed E-state index contributed by atoms with van der Waals surface area (Å²) < 4.78 is 43.2. The molecule has 0 aromatic carbocycles. The van der Waals surface area contributed by atoms with Crippen LogP contribution in [-0.4, -0.2) is 35.3 Å². The van der Waals surface area contributed by atoms with E-state index in [1.54, 1.807) is 20.8 Å². The lowest BCUT2D eigenvalue weighted by molar-refractivity contribution is -0.140. The number of nitrogens with one attached hydrogen (secondary N) is 1. The number of thiazole rings is 1. The number of rotatable bonds is 2. The maximum Gasteiger partial charge on any atom is 0.434 e. The largest absolute Gasteiger partial charge is 0.444 e. The van der Waals surface area contributed by atoms with Crippen LogP contribution in [0.2, 0.25) is 0 Å². The number of amides is 1. The first-order valence-electron chi connectivity index (χ1n) is 7.74. The fourth-order valence-corrected chi connectivity index (χ4v) is 3.55. The van der Waals surface area contributed by atoms with Crippen molar-refractivity contribution in [3.63, 3.8) is 0 Å². The highest BCUT2D eigenvalue weighted by Gasteiger charge is 2.36. The van der Waals surface area contributed by atoms with Crippen molar-refractivity contribution in [3.05, 3.63) is 11.1 Å². The first kappa shape index (κ1) is 18.8. The molecule has 0 spiro atoms. The van der Waals surface area contributed by atoms with Crippen LogP contribution in [0.1, 0.15) is 46.2 Å². The zero-order chi connectivity index (χ0) is 18.1. The van der Waals surface area contributed by atoms with Gasteiger partial charge in [-0.15, -0.1) is 11.3 Å². The molecule has 0 aliphatic carbocycles. The third-order valence-electron chi connectivity index (χ3n) is 3.63. The third-order valence-corrected chi connectivity index (χ3v) is 4.50. The van der Waals surface area contributed by atoms with Gasteiger partial charge < -0.3 is 15.0 Å². The lowest BCUT2D eigenvalue weighted by Gasteiger charge is -2.38. The molecule has 1 aromatic heterocycles. The molecule has 0 saturated carbocycles. The summed E-state index contributed by atoms with van der Waals surface area (Å²) >= 11 is 0.992. The molecule has 1 aliphatic rings. The Morgan fingerprint density at radius 1 is 1.42 bits per heavy atom. The molecule has 1 amide bonds. The van der Waals surface area contributed by atoms with Gasteiger partial charge in [-0.25, -0.2) is 9.78 Å². The quantitative estimate of drug-likeness (QED) is 0.859. The average Bonchev–Trinajstić information content (AvgIpc) is 2.85. The summed E-state index contributed by atoms with van der Waals surface area (Å²) in [7, 11) is 0. The fourth-order valence-electron chi connectivity index (χ4n) is 2.59. The number of halogens is 3. The van der Waals surface area contributed by atoms with Gasteiger partial charge in [0.25, 0.3) is 0 Å². The summed E-state index contributed by atoms with van der Waals surface area (Å²) in [4.78, 5) is 17.4. The third kappa shape index (κ3) is 4.99. The zero-order valence-electron chi connectivity index (χ0n) is 14.1. The van der Waals surface area contributed by atoms with Crippen molar-refractivity contribution >= 4 is 22.6 Å². The van der Waals surface area contributed by atoms with Gasteiger partial charge in [-0.3, -0.25) is 0 Å². The normalized spacial score (nSPS) is 22.4. The highest BCUT2D eigenvalue weighted by Crippen LogP contribution is 2.35. The van der Waals surface area contributed by atoms with Crippen molar-refractivity contribution in [2.75, 3.05) is 11.4 Å². The molecule has 136 valence electrons. The number of alkyl halides is 3. The van der Waals surface area contributed by atoms with E-state index >= 15 is 0 Å². The minimum atomic E-state index is -4.42. The molecular weight excluding hydrogens is 343 g/mol. The summed E-state index contributed by atoms with van der Waals surface area (Å²) in [6.45, 7) is 7.82. The standard InChI is InChI=1S/C15H22F3N3O2S/c1-9-7-10(19-13(22)23-14(2,3)4)5-6-21(9)12-20-11(8-24-12)15(16,17)18/h8-10H,5-7H2,1-4H3,(H,19,22). The van der Waals surface area contributed by atoms with E-state index in [2.05, 4.69) is 10.3 Å². The Bertz CT molecular complexity index is 583. The van der Waals surface area contributed by atoms with Crippen molar-refractivity contribution in [2.24, 2.45) is 0 Å². The molecule has 5 nitrogen and oxygen atoms in total. The SMILES string of the molecule is CC1CC(NC(=O)OC(C)(C)C)CCN1c1nc(C(F)(F)F)cs1. The average molecular weight is 365 g/mol. The molecule has 2 rings (SSSR count). The number of hydrogen-bond donors (Lipinski definition) is 1. The molecule has 1 aliphatic heterocycles.